The van der Waals surface area contributed by atoms with Crippen molar-refractivity contribution in [2.24, 2.45) is 0 Å². The second kappa shape index (κ2) is 5.32. The van der Waals surface area contributed by atoms with Gasteiger partial charge in [0.15, 0.2) is 0 Å². The molecule has 0 saturated carbocycles. The Bertz CT molecular complexity index is 395. The molecule has 1 aliphatic rings. The summed E-state index contributed by atoms with van der Waals surface area (Å²) in [7, 11) is 0. The van der Waals surface area contributed by atoms with Crippen molar-refractivity contribution in [3.63, 3.8) is 0 Å². The van der Waals surface area contributed by atoms with E-state index in [1.54, 1.807) is 0 Å². The van der Waals surface area contributed by atoms with Gasteiger partial charge in [0, 0.05) is 24.2 Å². The Kier molecular flexibility index (Phi) is 3.79. The smallest absolute Gasteiger partial charge is 0.251 e. The zero-order valence-corrected chi connectivity index (χ0v) is 10.5. The Hall–Kier alpha value is -1.35. The van der Waals surface area contributed by atoms with Crippen LogP contribution in [0.5, 0.6) is 0 Å². The third-order valence-corrected chi connectivity index (χ3v) is 3.39. The van der Waals surface area contributed by atoms with E-state index in [4.69, 9.17) is 0 Å². The third-order valence-electron chi connectivity index (χ3n) is 3.39. The minimum atomic E-state index is 0.0458. The summed E-state index contributed by atoms with van der Waals surface area (Å²) in [6.07, 6.45) is 2.19. The lowest BCUT2D eigenvalue weighted by molar-refractivity contribution is 0.0927. The minimum absolute atomic E-state index is 0.0458. The number of hydrogen-bond donors (Lipinski definition) is 2. The Morgan fingerprint density at radius 2 is 2.12 bits per heavy atom. The van der Waals surface area contributed by atoms with Gasteiger partial charge in [-0.2, -0.15) is 0 Å². The summed E-state index contributed by atoms with van der Waals surface area (Å²) in [5, 5.41) is 6.48. The maximum atomic E-state index is 12.1. The van der Waals surface area contributed by atoms with Crippen molar-refractivity contribution in [1.82, 2.24) is 10.6 Å². The van der Waals surface area contributed by atoms with Gasteiger partial charge in [0.1, 0.15) is 0 Å². The fraction of sp³-hybridized carbons (Fsp3) is 0.500. The maximum absolute atomic E-state index is 12.1. The van der Waals surface area contributed by atoms with Gasteiger partial charge in [-0.05, 0) is 38.3 Å². The van der Waals surface area contributed by atoms with Gasteiger partial charge in [0.25, 0.3) is 5.91 Å². The molecule has 0 aliphatic carbocycles. The highest BCUT2D eigenvalue weighted by atomic mass is 16.1. The van der Waals surface area contributed by atoms with E-state index in [0.717, 1.165) is 30.5 Å². The van der Waals surface area contributed by atoms with Gasteiger partial charge >= 0.3 is 0 Å². The van der Waals surface area contributed by atoms with E-state index in [0.29, 0.717) is 6.04 Å². The van der Waals surface area contributed by atoms with Crippen molar-refractivity contribution in [1.29, 1.82) is 0 Å². The predicted octanol–water partition coefficient (Wildman–Crippen LogP) is 1.87. The van der Waals surface area contributed by atoms with Gasteiger partial charge in [-0.25, -0.2) is 0 Å². The Balaban J connectivity index is 1.96. The SMILES string of the molecule is Cc1ccccc1C(=O)NC1CCC(C)NC1. The molecule has 1 aliphatic heterocycles. The largest absolute Gasteiger partial charge is 0.348 e. The zero-order valence-electron chi connectivity index (χ0n) is 10.5. The zero-order chi connectivity index (χ0) is 12.3. The molecule has 1 fully saturated rings. The first-order chi connectivity index (χ1) is 8.16. The Morgan fingerprint density at radius 3 is 2.76 bits per heavy atom. The van der Waals surface area contributed by atoms with Crippen LogP contribution >= 0.6 is 0 Å². The van der Waals surface area contributed by atoms with Crippen LogP contribution in [0, 0.1) is 6.92 Å². The van der Waals surface area contributed by atoms with Crippen molar-refractivity contribution in [3.05, 3.63) is 35.4 Å². The molecule has 2 unspecified atom stereocenters. The number of hydrogen-bond acceptors (Lipinski definition) is 2. The molecule has 3 heteroatoms. The normalized spacial score (nSPS) is 24.4. The summed E-state index contributed by atoms with van der Waals surface area (Å²) in [5.41, 5.74) is 1.81. The molecule has 17 heavy (non-hydrogen) atoms. The van der Waals surface area contributed by atoms with E-state index in [9.17, 15) is 4.79 Å². The summed E-state index contributed by atoms with van der Waals surface area (Å²) in [6, 6.07) is 8.54. The van der Waals surface area contributed by atoms with Crippen LogP contribution in [-0.2, 0) is 0 Å². The Morgan fingerprint density at radius 1 is 1.35 bits per heavy atom. The fourth-order valence-electron chi connectivity index (χ4n) is 2.21. The minimum Gasteiger partial charge on any atom is -0.348 e. The topological polar surface area (TPSA) is 41.1 Å². The first-order valence-corrected chi connectivity index (χ1v) is 6.26. The van der Waals surface area contributed by atoms with Crippen molar-refractivity contribution >= 4 is 5.91 Å². The molecule has 1 aromatic carbocycles. The molecule has 1 heterocycles. The quantitative estimate of drug-likeness (QED) is 0.817. The highest BCUT2D eigenvalue weighted by Gasteiger charge is 2.20. The van der Waals surface area contributed by atoms with Crippen LogP contribution < -0.4 is 10.6 Å². The van der Waals surface area contributed by atoms with E-state index < -0.39 is 0 Å². The molecule has 3 nitrogen and oxygen atoms in total. The van der Waals surface area contributed by atoms with E-state index in [2.05, 4.69) is 17.6 Å². The summed E-state index contributed by atoms with van der Waals surface area (Å²) in [4.78, 5) is 12.1. The maximum Gasteiger partial charge on any atom is 0.251 e. The first-order valence-electron chi connectivity index (χ1n) is 6.26. The monoisotopic (exact) mass is 232 g/mol. The van der Waals surface area contributed by atoms with Crippen LogP contribution in [0.15, 0.2) is 24.3 Å². The Labute approximate surface area is 103 Å². The molecule has 2 rings (SSSR count). The summed E-state index contributed by atoms with van der Waals surface area (Å²) >= 11 is 0. The molecule has 0 aromatic heterocycles. The number of nitrogens with one attached hydrogen (secondary N) is 2. The lowest BCUT2D eigenvalue weighted by Crippen LogP contribution is -2.48. The highest BCUT2D eigenvalue weighted by molar-refractivity contribution is 5.95. The number of carbonyl (C=O) groups is 1. The predicted molar refractivity (Wildman–Crippen MR) is 69.1 cm³/mol. The van der Waals surface area contributed by atoms with Crippen LogP contribution in [0.25, 0.3) is 0 Å². The third kappa shape index (κ3) is 3.07. The molecule has 2 N–H and O–H groups in total. The fourth-order valence-corrected chi connectivity index (χ4v) is 2.21. The molecular weight excluding hydrogens is 212 g/mol. The lowest BCUT2D eigenvalue weighted by Gasteiger charge is -2.28. The van der Waals surface area contributed by atoms with Gasteiger partial charge in [0.05, 0.1) is 0 Å². The summed E-state index contributed by atoms with van der Waals surface area (Å²) < 4.78 is 0. The average Bonchev–Trinajstić information content (AvgIpc) is 2.32. The summed E-state index contributed by atoms with van der Waals surface area (Å²) in [6.45, 7) is 5.02. The number of carbonyl (C=O) groups excluding carboxylic acids is 1. The van der Waals surface area contributed by atoms with Crippen molar-refractivity contribution in [3.8, 4) is 0 Å². The molecule has 1 saturated heterocycles. The number of piperidine rings is 1. The lowest BCUT2D eigenvalue weighted by atomic mass is 10.0. The van der Waals surface area contributed by atoms with Gasteiger partial charge in [-0.15, -0.1) is 0 Å². The van der Waals surface area contributed by atoms with Crippen molar-refractivity contribution in [2.45, 2.75) is 38.8 Å². The van der Waals surface area contributed by atoms with E-state index in [-0.39, 0.29) is 11.9 Å². The van der Waals surface area contributed by atoms with Crippen molar-refractivity contribution in [2.75, 3.05) is 6.54 Å². The summed E-state index contributed by atoms with van der Waals surface area (Å²) in [5.74, 6) is 0.0458. The number of amides is 1. The van der Waals surface area contributed by atoms with Gasteiger partial charge < -0.3 is 10.6 Å². The van der Waals surface area contributed by atoms with E-state index >= 15 is 0 Å². The first kappa shape index (κ1) is 12.1. The molecule has 2 atom stereocenters. The van der Waals surface area contributed by atoms with Gasteiger partial charge in [-0.1, -0.05) is 18.2 Å². The highest BCUT2D eigenvalue weighted by Crippen LogP contribution is 2.10. The number of rotatable bonds is 2. The number of benzene rings is 1. The standard InChI is InChI=1S/C14H20N2O/c1-10-5-3-4-6-13(10)14(17)16-12-8-7-11(2)15-9-12/h3-6,11-12,15H,7-9H2,1-2H3,(H,16,17). The van der Waals surface area contributed by atoms with E-state index in [1.165, 1.54) is 0 Å². The second-order valence-electron chi connectivity index (χ2n) is 4.87. The van der Waals surface area contributed by atoms with Crippen LogP contribution in [0.1, 0.15) is 35.7 Å². The molecule has 0 radical (unpaired) electrons. The van der Waals surface area contributed by atoms with E-state index in [1.807, 2.05) is 31.2 Å². The van der Waals surface area contributed by atoms with Gasteiger partial charge in [0.2, 0.25) is 0 Å². The molecule has 1 amide bonds. The van der Waals surface area contributed by atoms with Crippen LogP contribution in [0.2, 0.25) is 0 Å². The molecular formula is C14H20N2O. The van der Waals surface area contributed by atoms with Crippen LogP contribution in [0.4, 0.5) is 0 Å². The number of aryl methyl sites for hydroxylation is 1. The molecule has 92 valence electrons. The molecule has 1 aromatic rings. The molecule has 0 bridgehead atoms. The second-order valence-corrected chi connectivity index (χ2v) is 4.87. The van der Waals surface area contributed by atoms with Crippen LogP contribution in [0.3, 0.4) is 0 Å². The molecule has 0 spiro atoms. The van der Waals surface area contributed by atoms with Crippen LogP contribution in [-0.4, -0.2) is 24.5 Å². The van der Waals surface area contributed by atoms with Crippen molar-refractivity contribution < 1.29 is 4.79 Å². The van der Waals surface area contributed by atoms with Gasteiger partial charge in [-0.3, -0.25) is 4.79 Å². The average molecular weight is 232 g/mol.